The van der Waals surface area contributed by atoms with Gasteiger partial charge in [0.05, 0.1) is 26.4 Å². The molecule has 0 bridgehead atoms. The number of halogens is 1. The Morgan fingerprint density at radius 2 is 1.58 bits per heavy atom. The molecule has 1 N–H and O–H groups in total. The molecule has 0 atom stereocenters. The van der Waals surface area contributed by atoms with Gasteiger partial charge < -0.3 is 19.5 Å². The minimum Gasteiger partial charge on any atom is -0.493 e. The van der Waals surface area contributed by atoms with Crippen LogP contribution in [-0.4, -0.2) is 53.0 Å². The number of ether oxygens (including phenoxy) is 3. The number of benzene rings is 2. The fourth-order valence-electron chi connectivity index (χ4n) is 3.07. The van der Waals surface area contributed by atoms with Crippen molar-refractivity contribution < 1.29 is 27.4 Å². The lowest BCUT2D eigenvalue weighted by atomic mass is 10.1. The second kappa shape index (κ2) is 10.7. The average molecular weight is 471 g/mol. The standard InChI is InChI=1S/C21H27ClN2O6S/c1-6-24(7-2)31(26,27)19-12-15(8-9-16(19)22)21(25)23-13-14-10-17(28-3)20(30-5)18(11-14)29-4/h8-12H,6-7,13H2,1-5H3,(H,23,25). The molecule has 31 heavy (non-hydrogen) atoms. The molecule has 8 nitrogen and oxygen atoms in total. The van der Waals surface area contributed by atoms with Crippen LogP contribution in [0.5, 0.6) is 17.2 Å². The first kappa shape index (κ1) is 24.8. The Morgan fingerprint density at radius 3 is 2.06 bits per heavy atom. The molecule has 0 radical (unpaired) electrons. The van der Waals surface area contributed by atoms with E-state index in [0.29, 0.717) is 35.9 Å². The van der Waals surface area contributed by atoms with Gasteiger partial charge in [-0.05, 0) is 35.9 Å². The number of amides is 1. The van der Waals surface area contributed by atoms with Gasteiger partial charge in [-0.1, -0.05) is 25.4 Å². The molecule has 0 unspecified atom stereocenters. The van der Waals surface area contributed by atoms with Crippen molar-refractivity contribution in [2.45, 2.75) is 25.3 Å². The van der Waals surface area contributed by atoms with Crippen LogP contribution in [0.25, 0.3) is 0 Å². The zero-order valence-corrected chi connectivity index (χ0v) is 19.8. The van der Waals surface area contributed by atoms with Crippen LogP contribution in [0, 0.1) is 0 Å². The van der Waals surface area contributed by atoms with Crippen LogP contribution in [0.4, 0.5) is 0 Å². The number of nitrogens with zero attached hydrogens (tertiary/aromatic N) is 1. The quantitative estimate of drug-likeness (QED) is 0.572. The summed E-state index contributed by atoms with van der Waals surface area (Å²) in [4.78, 5) is 12.6. The van der Waals surface area contributed by atoms with E-state index >= 15 is 0 Å². The lowest BCUT2D eigenvalue weighted by Crippen LogP contribution is -2.31. The molecule has 2 aromatic carbocycles. The Bertz CT molecular complexity index is 1010. The summed E-state index contributed by atoms with van der Waals surface area (Å²) < 4.78 is 42.9. The van der Waals surface area contributed by atoms with Crippen LogP contribution in [0.1, 0.15) is 29.8 Å². The molecule has 0 aliphatic heterocycles. The van der Waals surface area contributed by atoms with E-state index < -0.39 is 15.9 Å². The molecule has 0 fully saturated rings. The van der Waals surface area contributed by atoms with E-state index in [2.05, 4.69) is 5.32 Å². The molecule has 0 spiro atoms. The van der Waals surface area contributed by atoms with E-state index in [-0.39, 0.29) is 22.0 Å². The summed E-state index contributed by atoms with van der Waals surface area (Å²) in [5.74, 6) is 0.931. The highest BCUT2D eigenvalue weighted by Gasteiger charge is 2.25. The van der Waals surface area contributed by atoms with Crippen LogP contribution in [-0.2, 0) is 16.6 Å². The maximum absolute atomic E-state index is 12.8. The topological polar surface area (TPSA) is 94.2 Å². The van der Waals surface area contributed by atoms with E-state index in [9.17, 15) is 13.2 Å². The highest BCUT2D eigenvalue weighted by molar-refractivity contribution is 7.89. The minimum absolute atomic E-state index is 0.0630. The van der Waals surface area contributed by atoms with Crippen LogP contribution in [0.2, 0.25) is 5.02 Å². The van der Waals surface area contributed by atoms with E-state index in [4.69, 9.17) is 25.8 Å². The first-order valence-corrected chi connectivity index (χ1v) is 11.4. The predicted molar refractivity (Wildman–Crippen MR) is 119 cm³/mol. The first-order chi connectivity index (χ1) is 14.7. The van der Waals surface area contributed by atoms with Crippen LogP contribution >= 0.6 is 11.6 Å². The number of hydrogen-bond acceptors (Lipinski definition) is 6. The number of carbonyl (C=O) groups is 1. The van der Waals surface area contributed by atoms with Gasteiger partial charge in [0.2, 0.25) is 15.8 Å². The molecule has 2 rings (SSSR count). The lowest BCUT2D eigenvalue weighted by Gasteiger charge is -2.19. The molecular weight excluding hydrogens is 444 g/mol. The van der Waals surface area contributed by atoms with Crippen molar-refractivity contribution in [3.05, 3.63) is 46.5 Å². The van der Waals surface area contributed by atoms with Gasteiger partial charge in [-0.3, -0.25) is 4.79 Å². The molecule has 0 heterocycles. The second-order valence-electron chi connectivity index (χ2n) is 6.45. The highest BCUT2D eigenvalue weighted by Crippen LogP contribution is 2.38. The predicted octanol–water partition coefficient (Wildman–Crippen LogP) is 3.33. The number of sulfonamides is 1. The van der Waals surface area contributed by atoms with Crippen LogP contribution in [0.3, 0.4) is 0 Å². The van der Waals surface area contributed by atoms with E-state index in [1.54, 1.807) is 26.0 Å². The van der Waals surface area contributed by atoms with Crippen molar-refractivity contribution in [1.29, 1.82) is 0 Å². The van der Waals surface area contributed by atoms with Gasteiger partial charge in [0.15, 0.2) is 11.5 Å². The smallest absolute Gasteiger partial charge is 0.251 e. The van der Waals surface area contributed by atoms with Crippen molar-refractivity contribution in [2.24, 2.45) is 0 Å². The summed E-state index contributed by atoms with van der Waals surface area (Å²) >= 11 is 6.13. The average Bonchev–Trinajstić information content (AvgIpc) is 2.77. The third-order valence-electron chi connectivity index (χ3n) is 4.69. The summed E-state index contributed by atoms with van der Waals surface area (Å²) in [5.41, 5.74) is 0.898. The second-order valence-corrected chi connectivity index (χ2v) is 8.76. The highest BCUT2D eigenvalue weighted by atomic mass is 35.5. The molecule has 0 aliphatic rings. The number of carbonyl (C=O) groups excluding carboxylic acids is 1. The van der Waals surface area contributed by atoms with Crippen LogP contribution in [0.15, 0.2) is 35.2 Å². The van der Waals surface area contributed by atoms with E-state index in [1.807, 2.05) is 0 Å². The first-order valence-electron chi connectivity index (χ1n) is 9.60. The largest absolute Gasteiger partial charge is 0.493 e. The summed E-state index contributed by atoms with van der Waals surface area (Å²) in [6, 6.07) is 7.63. The van der Waals surface area contributed by atoms with Crippen molar-refractivity contribution in [2.75, 3.05) is 34.4 Å². The van der Waals surface area contributed by atoms with E-state index in [0.717, 1.165) is 0 Å². The van der Waals surface area contributed by atoms with Crippen LogP contribution < -0.4 is 19.5 Å². The van der Waals surface area contributed by atoms with E-state index in [1.165, 1.54) is 43.8 Å². The molecule has 2 aromatic rings. The Morgan fingerprint density at radius 1 is 1.00 bits per heavy atom. The maximum atomic E-state index is 12.8. The number of hydrogen-bond donors (Lipinski definition) is 1. The summed E-state index contributed by atoms with van der Waals surface area (Å²) in [6.07, 6.45) is 0. The fourth-order valence-corrected chi connectivity index (χ4v) is 5.03. The number of methoxy groups -OCH3 is 3. The van der Waals surface area contributed by atoms with Crippen molar-refractivity contribution in [3.8, 4) is 17.2 Å². The third-order valence-corrected chi connectivity index (χ3v) is 7.23. The third kappa shape index (κ3) is 5.41. The van der Waals surface area contributed by atoms with Crippen molar-refractivity contribution in [3.63, 3.8) is 0 Å². The van der Waals surface area contributed by atoms with Gasteiger partial charge in [-0.25, -0.2) is 8.42 Å². The summed E-state index contributed by atoms with van der Waals surface area (Å²) in [5, 5.41) is 2.83. The minimum atomic E-state index is -3.81. The Kier molecular flexibility index (Phi) is 8.55. The van der Waals surface area contributed by atoms with Gasteiger partial charge >= 0.3 is 0 Å². The lowest BCUT2D eigenvalue weighted by molar-refractivity contribution is 0.0950. The molecule has 0 aromatic heterocycles. The number of nitrogens with one attached hydrogen (secondary N) is 1. The Labute approximate surface area is 188 Å². The van der Waals surface area contributed by atoms with Gasteiger partial charge in [-0.15, -0.1) is 0 Å². The molecule has 0 saturated heterocycles. The zero-order valence-electron chi connectivity index (χ0n) is 18.2. The van der Waals surface area contributed by atoms with Crippen molar-refractivity contribution in [1.82, 2.24) is 9.62 Å². The van der Waals surface area contributed by atoms with Gasteiger partial charge in [0.1, 0.15) is 4.90 Å². The van der Waals surface area contributed by atoms with Crippen molar-refractivity contribution >= 4 is 27.5 Å². The van der Waals surface area contributed by atoms with Gasteiger partial charge in [0.25, 0.3) is 5.91 Å². The molecule has 10 heteroatoms. The fraction of sp³-hybridized carbons (Fsp3) is 0.381. The molecular formula is C21H27ClN2O6S. The normalized spacial score (nSPS) is 11.3. The Hall–Kier alpha value is -2.49. The summed E-state index contributed by atoms with van der Waals surface area (Å²) in [7, 11) is 0.710. The molecule has 0 aliphatic carbocycles. The monoisotopic (exact) mass is 470 g/mol. The SMILES string of the molecule is CCN(CC)S(=O)(=O)c1cc(C(=O)NCc2cc(OC)c(OC)c(OC)c2)ccc1Cl. The maximum Gasteiger partial charge on any atom is 0.251 e. The summed E-state index contributed by atoms with van der Waals surface area (Å²) in [6.45, 7) is 4.24. The molecule has 0 saturated carbocycles. The van der Waals surface area contributed by atoms with Gasteiger partial charge in [0, 0.05) is 25.2 Å². The molecule has 170 valence electrons. The zero-order chi connectivity index (χ0) is 23.2. The number of rotatable bonds is 10. The van der Waals surface area contributed by atoms with Gasteiger partial charge in [-0.2, -0.15) is 4.31 Å². The molecule has 1 amide bonds. The Balaban J connectivity index is 2.28.